The van der Waals surface area contributed by atoms with Crippen molar-refractivity contribution in [3.8, 4) is 0 Å². The summed E-state index contributed by atoms with van der Waals surface area (Å²) in [6.07, 6.45) is 6.65. The first-order chi connectivity index (χ1) is 9.29. The van der Waals surface area contributed by atoms with Crippen LogP contribution < -0.4 is 5.32 Å². The average Bonchev–Trinajstić information content (AvgIpc) is 3.13. The molecule has 4 rings (SSSR count). The molecule has 0 aromatic carbocycles. The summed E-state index contributed by atoms with van der Waals surface area (Å²) in [7, 11) is 0. The van der Waals surface area contributed by atoms with Crippen LogP contribution in [0.5, 0.6) is 0 Å². The van der Waals surface area contributed by atoms with E-state index in [1.807, 2.05) is 28.9 Å². The first-order valence-corrected chi connectivity index (χ1v) is 6.75. The molecule has 0 radical (unpaired) electrons. The second-order valence-electron chi connectivity index (χ2n) is 5.50. The van der Waals surface area contributed by atoms with Gasteiger partial charge in [-0.2, -0.15) is 0 Å². The highest BCUT2D eigenvalue weighted by Crippen LogP contribution is 2.27. The molecule has 2 aliphatic heterocycles. The minimum Gasteiger partial charge on any atom is -0.348 e. The number of fused-ring (bicyclic) bond motifs is 3. The third kappa shape index (κ3) is 1.81. The van der Waals surface area contributed by atoms with Crippen molar-refractivity contribution in [2.45, 2.75) is 12.5 Å². The third-order valence-electron chi connectivity index (χ3n) is 4.30. The van der Waals surface area contributed by atoms with E-state index in [9.17, 15) is 4.79 Å². The standard InChI is InChI=1S/C14H16N4O/c19-14(16-12-9-17-5-3-10(12)7-17)11-1-2-13-15-4-6-18(13)8-11/h1-2,4,6,8,10,12H,3,5,7,9H2,(H,16,19)/t10-,12?/m0/s1. The molecule has 2 unspecified atom stereocenters. The quantitative estimate of drug-likeness (QED) is 0.863. The average molecular weight is 256 g/mol. The topological polar surface area (TPSA) is 49.6 Å². The van der Waals surface area contributed by atoms with Crippen LogP contribution in [0.2, 0.25) is 0 Å². The molecule has 1 N–H and O–H groups in total. The van der Waals surface area contributed by atoms with Crippen molar-refractivity contribution in [3.63, 3.8) is 0 Å². The summed E-state index contributed by atoms with van der Waals surface area (Å²) in [5.41, 5.74) is 1.56. The van der Waals surface area contributed by atoms with Crippen LogP contribution >= 0.6 is 0 Å². The number of nitrogens with zero attached hydrogens (tertiary/aromatic N) is 3. The highest BCUT2D eigenvalue weighted by atomic mass is 16.1. The number of hydrogen-bond acceptors (Lipinski definition) is 3. The second kappa shape index (κ2) is 4.06. The first-order valence-electron chi connectivity index (χ1n) is 6.75. The number of rotatable bonds is 2. The second-order valence-corrected chi connectivity index (χ2v) is 5.50. The Bertz CT molecular complexity index is 635. The van der Waals surface area contributed by atoms with Crippen LogP contribution in [0.3, 0.4) is 0 Å². The van der Waals surface area contributed by atoms with Gasteiger partial charge in [-0.25, -0.2) is 4.98 Å². The molecule has 2 aromatic heterocycles. The van der Waals surface area contributed by atoms with Gasteiger partial charge in [0.25, 0.3) is 5.91 Å². The smallest absolute Gasteiger partial charge is 0.253 e. The fourth-order valence-electron chi connectivity index (χ4n) is 3.25. The zero-order valence-corrected chi connectivity index (χ0v) is 10.6. The van der Waals surface area contributed by atoms with Crippen LogP contribution in [0.15, 0.2) is 30.7 Å². The number of amides is 1. The summed E-state index contributed by atoms with van der Waals surface area (Å²) in [6, 6.07) is 4.03. The molecule has 1 amide bonds. The molecular formula is C14H16N4O. The number of pyridine rings is 1. The molecule has 5 heteroatoms. The van der Waals surface area contributed by atoms with E-state index in [0.29, 0.717) is 17.5 Å². The molecule has 2 aromatic rings. The highest BCUT2D eigenvalue weighted by Gasteiger charge is 2.38. The minimum atomic E-state index is 0.0225. The van der Waals surface area contributed by atoms with Crippen molar-refractivity contribution >= 4 is 11.6 Å². The zero-order chi connectivity index (χ0) is 12.8. The largest absolute Gasteiger partial charge is 0.348 e. The van der Waals surface area contributed by atoms with Gasteiger partial charge < -0.3 is 14.6 Å². The summed E-state index contributed by atoms with van der Waals surface area (Å²) < 4.78 is 1.87. The molecular weight excluding hydrogens is 240 g/mol. The van der Waals surface area contributed by atoms with Crippen molar-refractivity contribution in [3.05, 3.63) is 36.3 Å². The van der Waals surface area contributed by atoms with Gasteiger partial charge >= 0.3 is 0 Å². The van der Waals surface area contributed by atoms with Gasteiger partial charge in [0.15, 0.2) is 0 Å². The Balaban J connectivity index is 1.53. The number of hydrogen-bond donors (Lipinski definition) is 1. The fraction of sp³-hybridized carbons (Fsp3) is 0.429. The maximum Gasteiger partial charge on any atom is 0.253 e. The summed E-state index contributed by atoms with van der Waals surface area (Å²) in [4.78, 5) is 18.9. The molecule has 19 heavy (non-hydrogen) atoms. The van der Waals surface area contributed by atoms with Crippen molar-refractivity contribution in [1.29, 1.82) is 0 Å². The molecule has 2 bridgehead atoms. The summed E-state index contributed by atoms with van der Waals surface area (Å²) in [5, 5.41) is 3.17. The van der Waals surface area contributed by atoms with E-state index in [0.717, 1.165) is 18.7 Å². The van der Waals surface area contributed by atoms with Gasteiger partial charge in [-0.05, 0) is 31.0 Å². The van der Waals surface area contributed by atoms with E-state index in [2.05, 4.69) is 15.2 Å². The van der Waals surface area contributed by atoms with Crippen LogP contribution in [-0.2, 0) is 0 Å². The molecule has 98 valence electrons. The molecule has 4 heterocycles. The van der Waals surface area contributed by atoms with E-state index in [-0.39, 0.29) is 5.91 Å². The fourth-order valence-corrected chi connectivity index (χ4v) is 3.25. The van der Waals surface area contributed by atoms with Crippen molar-refractivity contribution in [1.82, 2.24) is 19.6 Å². The van der Waals surface area contributed by atoms with Gasteiger partial charge in [-0.1, -0.05) is 0 Å². The van der Waals surface area contributed by atoms with Crippen molar-refractivity contribution in [2.24, 2.45) is 5.92 Å². The van der Waals surface area contributed by atoms with Gasteiger partial charge in [-0.3, -0.25) is 4.79 Å². The first kappa shape index (κ1) is 11.0. The number of aromatic nitrogens is 2. The Morgan fingerprint density at radius 3 is 3.11 bits per heavy atom. The SMILES string of the molecule is O=C(NC1CN2CC[C@H]1C2)c1ccc2nccn2c1. The van der Waals surface area contributed by atoms with E-state index in [1.54, 1.807) is 6.20 Å². The number of imidazole rings is 1. The van der Waals surface area contributed by atoms with Gasteiger partial charge in [0.1, 0.15) is 5.65 Å². The highest BCUT2D eigenvalue weighted by molar-refractivity contribution is 5.94. The van der Waals surface area contributed by atoms with Crippen LogP contribution in [0.4, 0.5) is 0 Å². The van der Waals surface area contributed by atoms with E-state index in [4.69, 9.17) is 0 Å². The molecule has 3 atom stereocenters. The van der Waals surface area contributed by atoms with E-state index < -0.39 is 0 Å². The molecule has 5 nitrogen and oxygen atoms in total. The number of carbonyl (C=O) groups is 1. The lowest BCUT2D eigenvalue weighted by molar-refractivity contribution is 0.0924. The van der Waals surface area contributed by atoms with Gasteiger partial charge in [0.2, 0.25) is 0 Å². The maximum atomic E-state index is 12.3. The lowest BCUT2D eigenvalue weighted by Crippen LogP contribution is -2.43. The third-order valence-corrected chi connectivity index (χ3v) is 4.30. The normalized spacial score (nSPS) is 28.9. The minimum absolute atomic E-state index is 0.0225. The number of carbonyl (C=O) groups excluding carboxylic acids is 1. The van der Waals surface area contributed by atoms with Gasteiger partial charge in [0, 0.05) is 37.7 Å². The number of piperidine rings is 1. The predicted molar refractivity (Wildman–Crippen MR) is 71.0 cm³/mol. The van der Waals surface area contributed by atoms with Crippen LogP contribution in [-0.4, -0.2) is 45.9 Å². The lowest BCUT2D eigenvalue weighted by atomic mass is 10.00. The Morgan fingerprint density at radius 1 is 1.37 bits per heavy atom. The molecule has 0 aliphatic carbocycles. The van der Waals surface area contributed by atoms with E-state index in [1.165, 1.54) is 13.0 Å². The van der Waals surface area contributed by atoms with Gasteiger partial charge in [0.05, 0.1) is 5.56 Å². The van der Waals surface area contributed by atoms with Crippen LogP contribution in [0.1, 0.15) is 16.8 Å². The Hall–Kier alpha value is -1.88. The Kier molecular flexibility index (Phi) is 2.35. The summed E-state index contributed by atoms with van der Waals surface area (Å²) in [6.45, 7) is 3.34. The van der Waals surface area contributed by atoms with E-state index >= 15 is 0 Å². The summed E-state index contributed by atoms with van der Waals surface area (Å²) >= 11 is 0. The number of nitrogens with one attached hydrogen (secondary N) is 1. The maximum absolute atomic E-state index is 12.3. The van der Waals surface area contributed by atoms with Crippen molar-refractivity contribution < 1.29 is 4.79 Å². The molecule has 2 saturated heterocycles. The van der Waals surface area contributed by atoms with Crippen LogP contribution in [0, 0.1) is 5.92 Å². The zero-order valence-electron chi connectivity index (χ0n) is 10.6. The Morgan fingerprint density at radius 2 is 2.32 bits per heavy atom. The summed E-state index contributed by atoms with van der Waals surface area (Å²) in [5.74, 6) is 0.662. The lowest BCUT2D eigenvalue weighted by Gasteiger charge is -2.23. The predicted octanol–water partition coefficient (Wildman–Crippen LogP) is 0.768. The molecule has 0 spiro atoms. The molecule has 0 saturated carbocycles. The Labute approximate surface area is 111 Å². The van der Waals surface area contributed by atoms with Crippen molar-refractivity contribution in [2.75, 3.05) is 19.6 Å². The van der Waals surface area contributed by atoms with Crippen LogP contribution in [0.25, 0.3) is 5.65 Å². The van der Waals surface area contributed by atoms with Gasteiger partial charge in [-0.15, -0.1) is 0 Å². The molecule has 2 fully saturated rings. The molecule has 2 aliphatic rings. The monoisotopic (exact) mass is 256 g/mol.